The maximum absolute atomic E-state index is 14.9. The Bertz CT molecular complexity index is 1150. The summed E-state index contributed by atoms with van der Waals surface area (Å²) in [6.45, 7) is 11.4. The largest absolute Gasteiger partial charge is 0.367 e. The third kappa shape index (κ3) is 5.03. The van der Waals surface area contributed by atoms with Crippen molar-refractivity contribution in [3.8, 4) is 11.1 Å². The molecule has 3 heterocycles. The Hall–Kier alpha value is -3.33. The lowest BCUT2D eigenvalue weighted by Crippen LogP contribution is -2.43. The molecule has 1 aliphatic rings. The Morgan fingerprint density at radius 3 is 2.67 bits per heavy atom. The van der Waals surface area contributed by atoms with Gasteiger partial charge in [-0.1, -0.05) is 44.1 Å². The fourth-order valence-corrected chi connectivity index (χ4v) is 3.78. The number of nitrogens with one attached hydrogen (secondary N) is 2. The van der Waals surface area contributed by atoms with E-state index in [-0.39, 0.29) is 17.1 Å². The Morgan fingerprint density at radius 1 is 1.24 bits per heavy atom. The molecule has 9 heteroatoms. The number of halogens is 1. The molecule has 1 amide bonds. The summed E-state index contributed by atoms with van der Waals surface area (Å²) in [5.41, 5.74) is 3.66. The second kappa shape index (κ2) is 9.27. The van der Waals surface area contributed by atoms with Gasteiger partial charge in [0.1, 0.15) is 0 Å². The van der Waals surface area contributed by atoms with Crippen LogP contribution in [0.5, 0.6) is 0 Å². The van der Waals surface area contributed by atoms with E-state index < -0.39 is 5.91 Å². The second-order valence-corrected chi connectivity index (χ2v) is 9.25. The molecule has 1 aliphatic heterocycles. The molecule has 8 nitrogen and oxygen atoms in total. The molecule has 33 heavy (non-hydrogen) atoms. The zero-order valence-corrected chi connectivity index (χ0v) is 19.4. The van der Waals surface area contributed by atoms with E-state index in [4.69, 9.17) is 4.52 Å². The normalized spacial score (nSPS) is 14.4. The minimum absolute atomic E-state index is 0.00807. The highest BCUT2D eigenvalue weighted by Gasteiger charge is 2.24. The van der Waals surface area contributed by atoms with Crippen molar-refractivity contribution in [1.29, 1.82) is 0 Å². The van der Waals surface area contributed by atoms with E-state index in [0.717, 1.165) is 48.6 Å². The molecule has 174 valence electrons. The van der Waals surface area contributed by atoms with Crippen LogP contribution >= 0.6 is 0 Å². The number of benzene rings is 1. The number of nitrogens with zero attached hydrogens (tertiary/aromatic N) is 4. The number of amides is 1. The number of hydrogen-bond donors (Lipinski definition) is 2. The maximum Gasteiger partial charge on any atom is 0.292 e. The molecule has 0 aliphatic carbocycles. The van der Waals surface area contributed by atoms with E-state index in [1.807, 2.05) is 45.9 Å². The van der Waals surface area contributed by atoms with Crippen LogP contribution in [0.25, 0.3) is 11.1 Å². The van der Waals surface area contributed by atoms with Crippen LogP contribution in [0.4, 0.5) is 10.1 Å². The molecule has 0 unspecified atom stereocenters. The number of pyridine rings is 1. The second-order valence-electron chi connectivity index (χ2n) is 9.25. The van der Waals surface area contributed by atoms with E-state index in [0.29, 0.717) is 18.0 Å². The van der Waals surface area contributed by atoms with Gasteiger partial charge in [0.05, 0.1) is 18.1 Å². The molecule has 1 fully saturated rings. The first kappa shape index (κ1) is 22.8. The Balaban J connectivity index is 1.51. The maximum atomic E-state index is 14.9. The Labute approximate surface area is 192 Å². The van der Waals surface area contributed by atoms with Crippen molar-refractivity contribution >= 4 is 11.6 Å². The number of anilines is 1. The van der Waals surface area contributed by atoms with Gasteiger partial charge in [-0.2, -0.15) is 4.98 Å². The first-order valence-electron chi connectivity index (χ1n) is 11.1. The molecule has 1 saturated heterocycles. The highest BCUT2D eigenvalue weighted by atomic mass is 19.1. The van der Waals surface area contributed by atoms with Crippen LogP contribution in [-0.2, 0) is 12.0 Å². The van der Waals surface area contributed by atoms with Gasteiger partial charge >= 0.3 is 0 Å². The van der Waals surface area contributed by atoms with Crippen molar-refractivity contribution in [2.45, 2.75) is 39.7 Å². The molecule has 0 saturated carbocycles. The van der Waals surface area contributed by atoms with Crippen LogP contribution in [-0.4, -0.2) is 47.2 Å². The Kier molecular flexibility index (Phi) is 6.42. The van der Waals surface area contributed by atoms with Crippen molar-refractivity contribution in [2.75, 3.05) is 31.1 Å². The van der Waals surface area contributed by atoms with Crippen LogP contribution in [0.3, 0.4) is 0 Å². The van der Waals surface area contributed by atoms with Crippen LogP contribution < -0.4 is 15.5 Å². The average molecular weight is 453 g/mol. The molecule has 0 bridgehead atoms. The molecular formula is C24H29FN6O2. The predicted octanol–water partition coefficient (Wildman–Crippen LogP) is 3.22. The first-order valence-corrected chi connectivity index (χ1v) is 11.1. The summed E-state index contributed by atoms with van der Waals surface area (Å²) in [7, 11) is 0. The molecule has 2 N–H and O–H groups in total. The lowest BCUT2D eigenvalue weighted by molar-refractivity contribution is 0.0937. The summed E-state index contributed by atoms with van der Waals surface area (Å²) in [6, 6.07) is 5.73. The van der Waals surface area contributed by atoms with E-state index in [9.17, 15) is 9.18 Å². The van der Waals surface area contributed by atoms with Crippen molar-refractivity contribution in [1.82, 2.24) is 25.8 Å². The van der Waals surface area contributed by atoms with Crippen LogP contribution in [0, 0.1) is 12.7 Å². The van der Waals surface area contributed by atoms with Crippen molar-refractivity contribution in [3.05, 3.63) is 59.3 Å². The number of hydrogen-bond acceptors (Lipinski definition) is 7. The first-order chi connectivity index (χ1) is 15.7. The van der Waals surface area contributed by atoms with E-state index >= 15 is 0 Å². The number of carbonyl (C=O) groups is 1. The van der Waals surface area contributed by atoms with Crippen LogP contribution in [0.2, 0.25) is 0 Å². The van der Waals surface area contributed by atoms with Crippen LogP contribution in [0.1, 0.15) is 48.4 Å². The fraction of sp³-hybridized carbons (Fsp3) is 0.417. The SMILES string of the molecule is Cc1cc(-c2c(F)cncc2N2CCNCC2)ccc1CNC(=O)c1noc(C(C)(C)C)n1. The predicted molar refractivity (Wildman–Crippen MR) is 124 cm³/mol. The lowest BCUT2D eigenvalue weighted by Gasteiger charge is -2.31. The highest BCUT2D eigenvalue weighted by molar-refractivity contribution is 5.90. The number of carbonyl (C=O) groups excluding carboxylic acids is 1. The zero-order valence-electron chi connectivity index (χ0n) is 19.4. The summed E-state index contributed by atoms with van der Waals surface area (Å²) in [6.07, 6.45) is 2.98. The van der Waals surface area contributed by atoms with Gasteiger partial charge in [-0.05, 0) is 23.6 Å². The average Bonchev–Trinajstić information content (AvgIpc) is 3.30. The van der Waals surface area contributed by atoms with Crippen molar-refractivity contribution in [3.63, 3.8) is 0 Å². The molecule has 4 rings (SSSR count). The fourth-order valence-electron chi connectivity index (χ4n) is 3.78. The van der Waals surface area contributed by atoms with Gasteiger partial charge in [0, 0.05) is 43.7 Å². The highest BCUT2D eigenvalue weighted by Crippen LogP contribution is 2.34. The third-order valence-corrected chi connectivity index (χ3v) is 5.68. The summed E-state index contributed by atoms with van der Waals surface area (Å²) >= 11 is 0. The summed E-state index contributed by atoms with van der Waals surface area (Å²) in [4.78, 5) is 22.9. The van der Waals surface area contributed by atoms with E-state index in [1.54, 1.807) is 6.20 Å². The number of aromatic nitrogens is 3. The van der Waals surface area contributed by atoms with Gasteiger partial charge in [-0.15, -0.1) is 0 Å². The van der Waals surface area contributed by atoms with Gasteiger partial charge in [0.15, 0.2) is 5.82 Å². The van der Waals surface area contributed by atoms with E-state index in [2.05, 4.69) is 30.7 Å². The van der Waals surface area contributed by atoms with Gasteiger partial charge in [0.25, 0.3) is 11.7 Å². The molecule has 1 aromatic carbocycles. The van der Waals surface area contributed by atoms with Crippen molar-refractivity contribution in [2.24, 2.45) is 0 Å². The van der Waals surface area contributed by atoms with E-state index in [1.165, 1.54) is 6.20 Å². The lowest BCUT2D eigenvalue weighted by atomic mass is 9.97. The van der Waals surface area contributed by atoms with Gasteiger partial charge < -0.3 is 20.1 Å². The number of rotatable bonds is 5. The quantitative estimate of drug-likeness (QED) is 0.614. The number of piperazine rings is 1. The summed E-state index contributed by atoms with van der Waals surface area (Å²) < 4.78 is 20.1. The summed E-state index contributed by atoms with van der Waals surface area (Å²) in [5, 5.41) is 9.92. The molecule has 2 aromatic heterocycles. The number of aryl methyl sites for hydroxylation is 1. The third-order valence-electron chi connectivity index (χ3n) is 5.68. The monoisotopic (exact) mass is 452 g/mol. The zero-order chi connectivity index (χ0) is 23.6. The summed E-state index contributed by atoms with van der Waals surface area (Å²) in [5.74, 6) is -0.335. The molecule has 0 spiro atoms. The van der Waals surface area contributed by atoms with Crippen molar-refractivity contribution < 1.29 is 13.7 Å². The standard InChI is InChI=1S/C24H29FN6O2/c1-15-11-16(20-18(25)13-27-14-19(20)31-9-7-26-8-10-31)5-6-17(15)12-28-22(32)21-29-23(33-30-21)24(2,3)4/h5-6,11,13-14,26H,7-10,12H2,1-4H3,(H,28,32). The smallest absolute Gasteiger partial charge is 0.292 e. The van der Waals surface area contributed by atoms with Gasteiger partial charge in [-0.25, -0.2) is 4.39 Å². The minimum atomic E-state index is -0.404. The minimum Gasteiger partial charge on any atom is -0.367 e. The molecular weight excluding hydrogens is 423 g/mol. The van der Waals surface area contributed by atoms with Gasteiger partial charge in [0.2, 0.25) is 5.89 Å². The molecule has 0 atom stereocenters. The molecule has 3 aromatic rings. The van der Waals surface area contributed by atoms with Crippen LogP contribution in [0.15, 0.2) is 35.1 Å². The molecule has 0 radical (unpaired) electrons. The topological polar surface area (TPSA) is 96.2 Å². The van der Waals surface area contributed by atoms with Gasteiger partial charge in [-0.3, -0.25) is 9.78 Å². The Morgan fingerprint density at radius 2 is 2.00 bits per heavy atom.